The summed E-state index contributed by atoms with van der Waals surface area (Å²) in [5, 5.41) is 13.9. The van der Waals surface area contributed by atoms with Crippen molar-refractivity contribution in [1.29, 1.82) is 0 Å². The number of nitrogens with one attached hydrogen (secondary N) is 1. The van der Waals surface area contributed by atoms with Crippen molar-refractivity contribution in [2.75, 3.05) is 36.6 Å². The molecule has 0 spiro atoms. The summed E-state index contributed by atoms with van der Waals surface area (Å²) in [7, 11) is 1.36. The normalized spacial score (nSPS) is 13.9. The van der Waals surface area contributed by atoms with Crippen LogP contribution in [0.15, 0.2) is 42.5 Å². The summed E-state index contributed by atoms with van der Waals surface area (Å²) in [5.41, 5.74) is 2.16. The molecule has 0 aliphatic carbocycles. The Balaban J connectivity index is 1.62. The summed E-state index contributed by atoms with van der Waals surface area (Å²) in [6, 6.07) is 12.3. The van der Waals surface area contributed by atoms with Crippen molar-refractivity contribution >= 4 is 29.0 Å². The smallest absolute Gasteiger partial charge is 0.311 e. The van der Waals surface area contributed by atoms with Crippen LogP contribution in [0, 0.1) is 10.1 Å². The van der Waals surface area contributed by atoms with Crippen LogP contribution in [-0.4, -0.2) is 42.5 Å². The second-order valence-electron chi connectivity index (χ2n) is 6.09. The van der Waals surface area contributed by atoms with Crippen molar-refractivity contribution in [1.82, 2.24) is 5.32 Å². The van der Waals surface area contributed by atoms with Gasteiger partial charge < -0.3 is 15.0 Å². The Bertz CT molecular complexity index is 820. The lowest BCUT2D eigenvalue weighted by Gasteiger charge is -2.28. The number of thioether (sulfide) groups is 1. The molecule has 142 valence electrons. The number of ether oxygens (including phenoxy) is 1. The van der Waals surface area contributed by atoms with E-state index in [1.807, 2.05) is 23.9 Å². The third kappa shape index (κ3) is 4.71. The van der Waals surface area contributed by atoms with Crippen molar-refractivity contribution in [2.45, 2.75) is 6.54 Å². The summed E-state index contributed by atoms with van der Waals surface area (Å²) in [4.78, 5) is 25.2. The molecule has 27 heavy (non-hydrogen) atoms. The van der Waals surface area contributed by atoms with E-state index in [2.05, 4.69) is 22.3 Å². The first-order valence-electron chi connectivity index (χ1n) is 8.61. The Hall–Kier alpha value is -2.74. The van der Waals surface area contributed by atoms with Crippen LogP contribution in [0.2, 0.25) is 0 Å². The van der Waals surface area contributed by atoms with Gasteiger partial charge in [0.2, 0.25) is 0 Å². The lowest BCUT2D eigenvalue weighted by Crippen LogP contribution is -2.32. The van der Waals surface area contributed by atoms with Crippen molar-refractivity contribution in [3.63, 3.8) is 0 Å². The highest BCUT2D eigenvalue weighted by Gasteiger charge is 2.18. The fraction of sp³-hybridized carbons (Fsp3) is 0.316. The van der Waals surface area contributed by atoms with Crippen LogP contribution >= 0.6 is 11.8 Å². The molecule has 1 heterocycles. The molecule has 3 rings (SSSR count). The Morgan fingerprint density at radius 1 is 1.22 bits per heavy atom. The van der Waals surface area contributed by atoms with Crippen LogP contribution in [0.3, 0.4) is 0 Å². The fourth-order valence-corrected chi connectivity index (χ4v) is 3.81. The number of carbonyl (C=O) groups is 1. The zero-order valence-corrected chi connectivity index (χ0v) is 15.8. The van der Waals surface area contributed by atoms with E-state index < -0.39 is 4.92 Å². The van der Waals surface area contributed by atoms with E-state index in [1.165, 1.54) is 31.0 Å². The minimum absolute atomic E-state index is 0.128. The molecule has 1 N–H and O–H groups in total. The first-order valence-corrected chi connectivity index (χ1v) is 9.76. The second kappa shape index (κ2) is 8.77. The Kier molecular flexibility index (Phi) is 6.18. The SMILES string of the molecule is COc1ccc(C(=O)NCc2ccc(N3CCSCC3)cc2)cc1[N+](=O)[O-]. The minimum atomic E-state index is -0.562. The van der Waals surface area contributed by atoms with Gasteiger partial charge in [-0.1, -0.05) is 12.1 Å². The van der Waals surface area contributed by atoms with Gasteiger partial charge in [0.25, 0.3) is 5.91 Å². The fourth-order valence-electron chi connectivity index (χ4n) is 2.90. The third-order valence-electron chi connectivity index (χ3n) is 4.40. The van der Waals surface area contributed by atoms with Crippen LogP contribution in [-0.2, 0) is 6.54 Å². The maximum absolute atomic E-state index is 12.3. The number of hydrogen-bond donors (Lipinski definition) is 1. The van der Waals surface area contributed by atoms with Crippen LogP contribution in [0.4, 0.5) is 11.4 Å². The third-order valence-corrected chi connectivity index (χ3v) is 5.35. The number of nitro benzene ring substituents is 1. The molecule has 2 aromatic carbocycles. The number of benzene rings is 2. The first-order chi connectivity index (χ1) is 13.1. The van der Waals surface area contributed by atoms with Gasteiger partial charge in [-0.15, -0.1) is 0 Å². The van der Waals surface area contributed by atoms with E-state index >= 15 is 0 Å². The zero-order valence-electron chi connectivity index (χ0n) is 15.0. The maximum Gasteiger partial charge on any atom is 0.311 e. The number of nitro groups is 1. The number of anilines is 1. The topological polar surface area (TPSA) is 84.7 Å². The average molecular weight is 387 g/mol. The number of hydrogen-bond acceptors (Lipinski definition) is 6. The molecule has 0 atom stereocenters. The standard InChI is InChI=1S/C19H21N3O4S/c1-26-18-7-4-15(12-17(18)22(24)25)19(23)20-13-14-2-5-16(6-3-14)21-8-10-27-11-9-21/h2-7,12H,8-11,13H2,1H3,(H,20,23). The molecule has 1 fully saturated rings. The summed E-state index contributed by atoms with van der Waals surface area (Å²) in [5.74, 6) is 2.05. The van der Waals surface area contributed by atoms with Gasteiger partial charge in [0, 0.05) is 48.5 Å². The van der Waals surface area contributed by atoms with Crippen LogP contribution < -0.4 is 15.0 Å². The highest BCUT2D eigenvalue weighted by Crippen LogP contribution is 2.27. The molecular formula is C19H21N3O4S. The molecule has 2 aromatic rings. The molecule has 1 aliphatic heterocycles. The maximum atomic E-state index is 12.3. The molecular weight excluding hydrogens is 366 g/mol. The van der Waals surface area contributed by atoms with Crippen LogP contribution in [0.25, 0.3) is 0 Å². The van der Waals surface area contributed by atoms with Gasteiger partial charge in [-0.2, -0.15) is 11.8 Å². The molecule has 7 nitrogen and oxygen atoms in total. The van der Waals surface area contributed by atoms with E-state index in [-0.39, 0.29) is 22.9 Å². The summed E-state index contributed by atoms with van der Waals surface area (Å²) in [6.45, 7) is 2.46. The van der Waals surface area contributed by atoms with Gasteiger partial charge in [-0.3, -0.25) is 14.9 Å². The highest BCUT2D eigenvalue weighted by molar-refractivity contribution is 7.99. The lowest BCUT2D eigenvalue weighted by molar-refractivity contribution is -0.385. The molecule has 1 amide bonds. The number of rotatable bonds is 6. The summed E-state index contributed by atoms with van der Waals surface area (Å²) in [6.07, 6.45) is 0. The first kappa shape index (κ1) is 19.0. The summed E-state index contributed by atoms with van der Waals surface area (Å²) < 4.78 is 4.95. The van der Waals surface area contributed by atoms with E-state index in [0.717, 1.165) is 30.2 Å². The average Bonchev–Trinajstić information content (AvgIpc) is 2.72. The molecule has 1 aliphatic rings. The molecule has 0 saturated carbocycles. The van der Waals surface area contributed by atoms with E-state index in [9.17, 15) is 14.9 Å². The highest BCUT2D eigenvalue weighted by atomic mass is 32.2. The van der Waals surface area contributed by atoms with Crippen LogP contribution in [0.1, 0.15) is 15.9 Å². The monoisotopic (exact) mass is 387 g/mol. The molecule has 0 radical (unpaired) electrons. The Morgan fingerprint density at radius 3 is 2.56 bits per heavy atom. The predicted molar refractivity (Wildman–Crippen MR) is 107 cm³/mol. The molecule has 0 aromatic heterocycles. The van der Waals surface area contributed by atoms with Gasteiger partial charge in [-0.25, -0.2) is 0 Å². The molecule has 0 bridgehead atoms. The zero-order chi connectivity index (χ0) is 19.2. The Labute approximate surface area is 161 Å². The lowest BCUT2D eigenvalue weighted by atomic mass is 10.1. The number of nitrogens with zero attached hydrogens (tertiary/aromatic N) is 2. The Morgan fingerprint density at radius 2 is 1.93 bits per heavy atom. The minimum Gasteiger partial charge on any atom is -0.490 e. The summed E-state index contributed by atoms with van der Waals surface area (Å²) >= 11 is 1.97. The quantitative estimate of drug-likeness (QED) is 0.606. The second-order valence-corrected chi connectivity index (χ2v) is 7.32. The van der Waals surface area contributed by atoms with Gasteiger partial charge >= 0.3 is 5.69 Å². The number of methoxy groups -OCH3 is 1. The van der Waals surface area contributed by atoms with Gasteiger partial charge in [0.15, 0.2) is 5.75 Å². The number of carbonyl (C=O) groups excluding carboxylic acids is 1. The van der Waals surface area contributed by atoms with E-state index in [4.69, 9.17) is 4.74 Å². The van der Waals surface area contributed by atoms with Crippen molar-refractivity contribution in [3.05, 3.63) is 63.7 Å². The van der Waals surface area contributed by atoms with Crippen molar-refractivity contribution in [3.8, 4) is 5.75 Å². The van der Waals surface area contributed by atoms with E-state index in [0.29, 0.717) is 6.54 Å². The molecule has 1 saturated heterocycles. The van der Waals surface area contributed by atoms with Gasteiger partial charge in [0.1, 0.15) is 0 Å². The predicted octanol–water partition coefficient (Wildman–Crippen LogP) is 3.09. The largest absolute Gasteiger partial charge is 0.490 e. The van der Waals surface area contributed by atoms with E-state index in [1.54, 1.807) is 0 Å². The van der Waals surface area contributed by atoms with Crippen LogP contribution in [0.5, 0.6) is 5.75 Å². The molecule has 0 unspecified atom stereocenters. The van der Waals surface area contributed by atoms with Crippen molar-refractivity contribution in [2.24, 2.45) is 0 Å². The van der Waals surface area contributed by atoms with Gasteiger partial charge in [0.05, 0.1) is 12.0 Å². The van der Waals surface area contributed by atoms with Gasteiger partial charge in [-0.05, 0) is 29.8 Å². The molecule has 8 heteroatoms. The number of amides is 1. The van der Waals surface area contributed by atoms with Crippen molar-refractivity contribution < 1.29 is 14.5 Å².